The van der Waals surface area contributed by atoms with E-state index in [1.54, 1.807) is 31.6 Å². The Morgan fingerprint density at radius 3 is 2.61 bits per heavy atom. The molecule has 0 bridgehead atoms. The molecule has 2 aliphatic rings. The highest BCUT2D eigenvalue weighted by molar-refractivity contribution is 6.42. The molecule has 3 aromatic rings. The molecule has 4 heterocycles. The number of benzene rings is 1. The maximum Gasteiger partial charge on any atom is 0.322 e. The predicted molar refractivity (Wildman–Crippen MR) is 152 cm³/mol. The number of hydrogen-bond acceptors (Lipinski definition) is 5. The molecule has 38 heavy (non-hydrogen) atoms. The second-order valence-corrected chi connectivity index (χ2v) is 10.8. The van der Waals surface area contributed by atoms with E-state index in [-0.39, 0.29) is 11.4 Å². The summed E-state index contributed by atoms with van der Waals surface area (Å²) in [7, 11) is 1.63. The summed E-state index contributed by atoms with van der Waals surface area (Å²) >= 11 is 18.2. The Bertz CT molecular complexity index is 1360. The molecule has 1 N–H and O–H groups in total. The lowest BCUT2D eigenvalue weighted by molar-refractivity contribution is 0.177. The first-order valence-electron chi connectivity index (χ1n) is 12.4. The van der Waals surface area contributed by atoms with Crippen molar-refractivity contribution in [3.63, 3.8) is 0 Å². The van der Waals surface area contributed by atoms with E-state index in [1.807, 2.05) is 29.2 Å². The van der Waals surface area contributed by atoms with E-state index in [2.05, 4.69) is 32.3 Å². The second kappa shape index (κ2) is 11.5. The number of carbonyl (C=O) groups excluding carboxylic acids is 1. The van der Waals surface area contributed by atoms with Crippen LogP contribution in [0.25, 0.3) is 6.08 Å². The zero-order valence-electron chi connectivity index (χ0n) is 21.0. The van der Waals surface area contributed by atoms with Gasteiger partial charge in [0.2, 0.25) is 5.88 Å². The summed E-state index contributed by atoms with van der Waals surface area (Å²) in [6, 6.07) is 11.0. The van der Waals surface area contributed by atoms with Crippen LogP contribution in [0.2, 0.25) is 15.2 Å². The molecule has 198 valence electrons. The van der Waals surface area contributed by atoms with Crippen molar-refractivity contribution in [3.05, 3.63) is 86.8 Å². The van der Waals surface area contributed by atoms with Crippen molar-refractivity contribution >= 4 is 52.6 Å². The van der Waals surface area contributed by atoms with E-state index in [9.17, 15) is 4.79 Å². The molecule has 5 rings (SSSR count). The highest BCUT2D eigenvalue weighted by atomic mass is 35.5. The lowest BCUT2D eigenvalue weighted by Crippen LogP contribution is -2.47. The van der Waals surface area contributed by atoms with Crippen LogP contribution in [0.3, 0.4) is 0 Å². The van der Waals surface area contributed by atoms with Crippen molar-refractivity contribution in [1.82, 2.24) is 20.2 Å². The van der Waals surface area contributed by atoms with Gasteiger partial charge in [-0.2, -0.15) is 0 Å². The zero-order chi connectivity index (χ0) is 26.7. The van der Waals surface area contributed by atoms with Crippen LogP contribution < -0.4 is 15.0 Å². The third-order valence-corrected chi connectivity index (χ3v) is 8.23. The van der Waals surface area contributed by atoms with Crippen molar-refractivity contribution in [1.29, 1.82) is 0 Å². The van der Waals surface area contributed by atoms with Gasteiger partial charge >= 0.3 is 6.03 Å². The topological polar surface area (TPSA) is 70.6 Å². The van der Waals surface area contributed by atoms with E-state index >= 15 is 0 Å². The summed E-state index contributed by atoms with van der Waals surface area (Å²) in [5, 5.41) is 4.53. The minimum absolute atomic E-state index is 0.156. The van der Waals surface area contributed by atoms with Gasteiger partial charge in [0.1, 0.15) is 5.15 Å². The Balaban J connectivity index is 1.27. The van der Waals surface area contributed by atoms with Crippen LogP contribution in [0, 0.1) is 0 Å². The Morgan fingerprint density at radius 2 is 1.87 bits per heavy atom. The Kier molecular flexibility index (Phi) is 8.09. The Hall–Kier alpha value is -2.84. The number of carbonyl (C=O) groups is 1. The van der Waals surface area contributed by atoms with Crippen LogP contribution >= 0.6 is 34.8 Å². The summed E-state index contributed by atoms with van der Waals surface area (Å²) in [6.45, 7) is 3.57. The lowest BCUT2D eigenvalue weighted by atomic mass is 9.74. The van der Waals surface area contributed by atoms with Crippen LogP contribution in [0.1, 0.15) is 29.5 Å². The number of anilines is 1. The number of halogens is 3. The predicted octanol–water partition coefficient (Wildman–Crippen LogP) is 6.22. The Morgan fingerprint density at radius 1 is 1.08 bits per heavy atom. The van der Waals surface area contributed by atoms with Crippen LogP contribution in [0.4, 0.5) is 10.5 Å². The fraction of sp³-hybridized carbons (Fsp3) is 0.321. The molecular weight excluding hydrogens is 545 g/mol. The van der Waals surface area contributed by atoms with E-state index < -0.39 is 0 Å². The minimum atomic E-state index is -0.212. The molecule has 1 spiro atoms. The summed E-state index contributed by atoms with van der Waals surface area (Å²) in [5.41, 5.74) is 3.58. The molecule has 10 heteroatoms. The maximum atomic E-state index is 13.3. The number of hydrogen-bond donors (Lipinski definition) is 1. The number of nitrogens with one attached hydrogen (secondary N) is 1. The normalized spacial score (nSPS) is 16.7. The number of ether oxygens (including phenoxy) is 1. The first-order chi connectivity index (χ1) is 18.4. The number of rotatable bonds is 6. The molecule has 1 saturated heterocycles. The van der Waals surface area contributed by atoms with Gasteiger partial charge < -0.3 is 10.1 Å². The fourth-order valence-corrected chi connectivity index (χ4v) is 5.81. The van der Waals surface area contributed by atoms with Crippen LogP contribution in [-0.2, 0) is 12.0 Å². The van der Waals surface area contributed by atoms with Gasteiger partial charge in [-0.05, 0) is 67.4 Å². The average Bonchev–Trinajstić information content (AvgIpc) is 3.25. The minimum Gasteiger partial charge on any atom is -0.481 e. The van der Waals surface area contributed by atoms with E-state index in [0.717, 1.165) is 54.9 Å². The zero-order valence-corrected chi connectivity index (χ0v) is 23.2. The molecule has 0 aliphatic carbocycles. The van der Waals surface area contributed by atoms with Crippen molar-refractivity contribution in [3.8, 4) is 5.88 Å². The molecule has 2 aromatic heterocycles. The van der Waals surface area contributed by atoms with Crippen molar-refractivity contribution < 1.29 is 9.53 Å². The van der Waals surface area contributed by atoms with Gasteiger partial charge in [0.05, 0.1) is 22.8 Å². The highest BCUT2D eigenvalue weighted by Crippen LogP contribution is 2.50. The van der Waals surface area contributed by atoms with Gasteiger partial charge in [-0.25, -0.2) is 14.8 Å². The monoisotopic (exact) mass is 571 g/mol. The van der Waals surface area contributed by atoms with Gasteiger partial charge in [-0.15, -0.1) is 0 Å². The van der Waals surface area contributed by atoms with Gasteiger partial charge in [0, 0.05) is 43.0 Å². The summed E-state index contributed by atoms with van der Waals surface area (Å²) < 4.78 is 5.68. The van der Waals surface area contributed by atoms with Gasteiger partial charge in [0.15, 0.2) is 0 Å². The van der Waals surface area contributed by atoms with Crippen LogP contribution in [0.15, 0.2) is 54.9 Å². The SMILES string of the molecule is COc1nccc2c1C1(CCN(C/C=C/c3ccc(Cl)c(Cl)c3)CC1)CN2C(=O)NCc1ccnc(Cl)c1. The lowest BCUT2D eigenvalue weighted by Gasteiger charge is -2.39. The molecule has 2 amide bonds. The summed E-state index contributed by atoms with van der Waals surface area (Å²) in [5.74, 6) is 0.590. The number of amides is 2. The standard InChI is InChI=1S/C28H28Cl3N5O2/c1-38-26-25-23(7-11-33-26)36(27(37)34-17-20-6-10-32-24(31)16-20)18-28(25)8-13-35(14-9-28)12-2-3-19-4-5-21(29)22(30)15-19/h2-7,10-11,15-16H,8-9,12-14,17-18H2,1H3,(H,34,37)/b3-2+. The van der Waals surface area contributed by atoms with Crippen LogP contribution in [-0.4, -0.2) is 54.2 Å². The number of piperidine rings is 1. The third kappa shape index (κ3) is 5.61. The van der Waals surface area contributed by atoms with Crippen molar-refractivity contribution in [2.75, 3.05) is 38.2 Å². The number of methoxy groups -OCH3 is 1. The maximum absolute atomic E-state index is 13.3. The number of urea groups is 1. The summed E-state index contributed by atoms with van der Waals surface area (Å²) in [6.07, 6.45) is 9.33. The molecule has 1 aromatic carbocycles. The molecule has 2 aliphatic heterocycles. The average molecular weight is 573 g/mol. The molecule has 0 atom stereocenters. The number of likely N-dealkylation sites (tertiary alicyclic amines) is 1. The molecule has 7 nitrogen and oxygen atoms in total. The fourth-order valence-electron chi connectivity index (χ4n) is 5.31. The van der Waals surface area contributed by atoms with Crippen molar-refractivity contribution in [2.24, 2.45) is 0 Å². The van der Waals surface area contributed by atoms with E-state index in [0.29, 0.717) is 34.2 Å². The van der Waals surface area contributed by atoms with Gasteiger partial charge in [-0.3, -0.25) is 9.80 Å². The van der Waals surface area contributed by atoms with Crippen molar-refractivity contribution in [2.45, 2.75) is 24.8 Å². The molecule has 0 radical (unpaired) electrons. The van der Waals surface area contributed by atoms with Gasteiger partial charge in [0.25, 0.3) is 0 Å². The number of fused-ring (bicyclic) bond motifs is 2. The third-order valence-electron chi connectivity index (χ3n) is 7.28. The number of aromatic nitrogens is 2. The van der Waals surface area contributed by atoms with E-state index in [1.165, 1.54) is 0 Å². The van der Waals surface area contributed by atoms with Gasteiger partial charge in [-0.1, -0.05) is 53.0 Å². The molecule has 1 fully saturated rings. The highest BCUT2D eigenvalue weighted by Gasteiger charge is 2.48. The first kappa shape index (κ1) is 26.8. The molecule has 0 saturated carbocycles. The molecule has 0 unspecified atom stereocenters. The van der Waals surface area contributed by atoms with E-state index in [4.69, 9.17) is 39.5 Å². The second-order valence-electron chi connectivity index (χ2n) is 9.60. The number of pyridine rings is 2. The van der Waals surface area contributed by atoms with Crippen LogP contribution in [0.5, 0.6) is 5.88 Å². The molecular formula is C28H28Cl3N5O2. The smallest absolute Gasteiger partial charge is 0.322 e. The number of nitrogens with zero attached hydrogens (tertiary/aromatic N) is 4. The quantitative estimate of drug-likeness (QED) is 0.355. The largest absolute Gasteiger partial charge is 0.481 e. The first-order valence-corrected chi connectivity index (χ1v) is 13.6. The Labute approximate surface area is 237 Å². The summed E-state index contributed by atoms with van der Waals surface area (Å²) in [4.78, 5) is 26.1.